The van der Waals surface area contributed by atoms with Gasteiger partial charge in [-0.2, -0.15) is 74.6 Å². The molecule has 0 heterocycles. The second-order valence-corrected chi connectivity index (χ2v) is 13.7. The van der Waals surface area contributed by atoms with Gasteiger partial charge in [0.2, 0.25) is 9.79 Å². The summed E-state index contributed by atoms with van der Waals surface area (Å²) in [5, 5.41) is -7.95. The first-order valence-electron chi connectivity index (χ1n) is 13.5. The zero-order chi connectivity index (χ0) is 41.4. The Morgan fingerprint density at radius 1 is 0.509 bits per heavy atom. The van der Waals surface area contributed by atoms with Crippen LogP contribution in [0.1, 0.15) is 5.56 Å². The molecule has 0 unspecified atom stereocenters. The number of hydrogen-bond acceptors (Lipinski definition) is 5. The summed E-state index contributed by atoms with van der Waals surface area (Å²) in [6, 6.07) is 25.1. The van der Waals surface area contributed by atoms with Crippen molar-refractivity contribution in [3.05, 3.63) is 78.4 Å². The lowest BCUT2D eigenvalue weighted by Crippen LogP contribution is -2.75. The van der Waals surface area contributed by atoms with Gasteiger partial charge in [-0.15, -0.1) is 0 Å². The number of para-hydroxylation sites is 2. The van der Waals surface area contributed by atoms with Crippen molar-refractivity contribution >= 4 is 21.0 Å². The summed E-state index contributed by atoms with van der Waals surface area (Å²) in [6.45, 7) is 2.11. The molecule has 53 heavy (non-hydrogen) atoms. The van der Waals surface area contributed by atoms with Crippen LogP contribution in [0.25, 0.3) is 0 Å². The number of halogens is 17. The standard InChI is InChI=1S/C21H21O2S.C8HF17O3S/c1-16-12-14-17(15-13-16)24(20-10-6-4-8-18(20)22-2)21-11-7-5-9-19(21)23-3;9-1(10,3(13,14)5(17,18)7(21,22)23)2(11,12)4(15,16)6(19,20)8(24,25)29(26,27)28/h4-15H,1-3H3;(H,26,27,28)/q+1;/p-1. The average molecular weight is 837 g/mol. The van der Waals surface area contributed by atoms with Gasteiger partial charge in [-0.25, -0.2) is 8.42 Å². The van der Waals surface area contributed by atoms with Crippen LogP contribution in [0.15, 0.2) is 87.5 Å². The summed E-state index contributed by atoms with van der Waals surface area (Å²) >= 11 is 0. The van der Waals surface area contributed by atoms with E-state index in [4.69, 9.17) is 9.47 Å². The van der Waals surface area contributed by atoms with Crippen LogP contribution in [-0.2, 0) is 21.0 Å². The highest BCUT2D eigenvalue weighted by molar-refractivity contribution is 7.97. The lowest BCUT2D eigenvalue weighted by molar-refractivity contribution is -0.458. The predicted octanol–water partition coefficient (Wildman–Crippen LogP) is 9.61. The summed E-state index contributed by atoms with van der Waals surface area (Å²) in [4.78, 5) is 3.57. The zero-order valence-corrected chi connectivity index (χ0v) is 27.8. The van der Waals surface area contributed by atoms with E-state index in [9.17, 15) is 87.6 Å². The first-order chi connectivity index (χ1) is 23.7. The normalized spacial score (nSPS) is 14.1. The highest BCUT2D eigenvalue weighted by Crippen LogP contribution is 2.64. The van der Waals surface area contributed by atoms with Crippen LogP contribution < -0.4 is 9.47 Å². The van der Waals surface area contributed by atoms with Crippen molar-refractivity contribution in [2.24, 2.45) is 0 Å². The third kappa shape index (κ3) is 7.67. The van der Waals surface area contributed by atoms with Crippen LogP contribution in [0, 0.1) is 6.92 Å². The van der Waals surface area contributed by atoms with Gasteiger partial charge in [0.05, 0.1) is 14.2 Å². The van der Waals surface area contributed by atoms with Gasteiger partial charge < -0.3 is 14.0 Å². The van der Waals surface area contributed by atoms with E-state index < -0.39 is 57.1 Å². The van der Waals surface area contributed by atoms with Crippen molar-refractivity contribution in [1.82, 2.24) is 0 Å². The number of benzene rings is 3. The highest BCUT2D eigenvalue weighted by Gasteiger charge is 2.95. The third-order valence-corrected chi connectivity index (χ3v) is 10.0. The van der Waals surface area contributed by atoms with Gasteiger partial charge in [-0.05, 0) is 43.3 Å². The monoisotopic (exact) mass is 836 g/mol. The molecule has 0 aliphatic heterocycles. The van der Waals surface area contributed by atoms with E-state index in [1.807, 2.05) is 24.3 Å². The summed E-state index contributed by atoms with van der Waals surface area (Å²) in [6.07, 6.45) is -7.89. The second-order valence-electron chi connectivity index (χ2n) is 10.3. The van der Waals surface area contributed by atoms with Gasteiger partial charge in [0, 0.05) is 0 Å². The molecule has 0 bridgehead atoms. The SMILES string of the molecule is COc1ccccc1[S+](c1ccc(C)cc1)c1ccccc1OC.O=S(=O)([O-])C(F)(F)C(F)(F)C(F)(F)C(F)(F)C(F)(F)C(F)(F)C(F)(F)C(F)(F)F. The van der Waals surface area contributed by atoms with Crippen LogP contribution in [0.2, 0.25) is 0 Å². The molecular formula is C29H21F17O5S2. The predicted molar refractivity (Wildman–Crippen MR) is 150 cm³/mol. The Labute approximate surface area is 290 Å². The summed E-state index contributed by atoms with van der Waals surface area (Å²) < 4.78 is 255. The second kappa shape index (κ2) is 14.9. The van der Waals surface area contributed by atoms with E-state index in [2.05, 4.69) is 55.5 Å². The third-order valence-electron chi connectivity index (χ3n) is 6.84. The molecule has 0 saturated heterocycles. The number of alkyl halides is 17. The maximum atomic E-state index is 13.0. The van der Waals surface area contributed by atoms with Crippen molar-refractivity contribution < 1.29 is 97.1 Å². The number of aryl methyl sites for hydroxylation is 1. The number of hydrogen-bond donors (Lipinski definition) is 0. The summed E-state index contributed by atoms with van der Waals surface area (Å²) in [7, 11) is -5.00. The quantitative estimate of drug-likeness (QED) is 0.103. The molecule has 0 aliphatic carbocycles. The van der Waals surface area contributed by atoms with E-state index in [1.54, 1.807) is 14.2 Å². The van der Waals surface area contributed by atoms with Gasteiger partial charge >= 0.3 is 47.0 Å². The molecule has 3 aromatic rings. The summed E-state index contributed by atoms with van der Waals surface area (Å²) in [5.41, 5.74) is 1.25. The minimum atomic E-state index is -8.92. The summed E-state index contributed by atoms with van der Waals surface area (Å²) in [5.74, 6) is -50.4. The Morgan fingerprint density at radius 3 is 1.15 bits per heavy atom. The number of methoxy groups -OCH3 is 2. The van der Waals surface area contributed by atoms with Crippen LogP contribution in [-0.4, -0.2) is 74.2 Å². The van der Waals surface area contributed by atoms with Gasteiger partial charge in [-0.3, -0.25) is 0 Å². The molecule has 3 aromatic carbocycles. The molecule has 3 rings (SSSR count). The van der Waals surface area contributed by atoms with Crippen molar-refractivity contribution in [3.63, 3.8) is 0 Å². The maximum Gasteiger partial charge on any atom is 0.460 e. The molecule has 0 saturated carbocycles. The van der Waals surface area contributed by atoms with Crippen LogP contribution in [0.5, 0.6) is 11.5 Å². The lowest BCUT2D eigenvalue weighted by Gasteiger charge is -2.42. The fourth-order valence-corrected chi connectivity index (χ4v) is 6.66. The van der Waals surface area contributed by atoms with Gasteiger partial charge in [0.15, 0.2) is 26.5 Å². The molecule has 298 valence electrons. The topological polar surface area (TPSA) is 75.7 Å². The van der Waals surface area contributed by atoms with Crippen LogP contribution in [0.3, 0.4) is 0 Å². The fourth-order valence-electron chi connectivity index (χ4n) is 3.93. The maximum absolute atomic E-state index is 13.0. The van der Waals surface area contributed by atoms with E-state index >= 15 is 0 Å². The lowest BCUT2D eigenvalue weighted by atomic mass is 9.91. The molecule has 0 fully saturated rings. The zero-order valence-electron chi connectivity index (χ0n) is 26.2. The minimum Gasteiger partial charge on any atom is -0.743 e. The van der Waals surface area contributed by atoms with Crippen LogP contribution in [0.4, 0.5) is 74.6 Å². The smallest absolute Gasteiger partial charge is 0.460 e. The molecule has 0 aromatic heterocycles. The van der Waals surface area contributed by atoms with Crippen molar-refractivity contribution in [3.8, 4) is 11.5 Å². The largest absolute Gasteiger partial charge is 0.743 e. The molecule has 0 atom stereocenters. The van der Waals surface area contributed by atoms with E-state index in [0.717, 1.165) is 21.3 Å². The molecule has 0 radical (unpaired) electrons. The van der Waals surface area contributed by atoms with Gasteiger partial charge in [-0.1, -0.05) is 42.0 Å². The van der Waals surface area contributed by atoms with E-state index in [1.165, 1.54) is 10.5 Å². The number of ether oxygens (including phenoxy) is 2. The molecule has 0 amide bonds. The molecule has 0 N–H and O–H groups in total. The van der Waals surface area contributed by atoms with Crippen molar-refractivity contribution in [2.45, 2.75) is 68.6 Å². The van der Waals surface area contributed by atoms with E-state index in [0.29, 0.717) is 0 Å². The molecule has 0 aliphatic rings. The Kier molecular flexibility index (Phi) is 12.8. The Morgan fingerprint density at radius 2 is 0.830 bits per heavy atom. The van der Waals surface area contributed by atoms with Crippen molar-refractivity contribution in [1.29, 1.82) is 0 Å². The van der Waals surface area contributed by atoms with E-state index in [-0.39, 0.29) is 10.9 Å². The van der Waals surface area contributed by atoms with Crippen molar-refractivity contribution in [2.75, 3.05) is 14.2 Å². The van der Waals surface area contributed by atoms with Crippen LogP contribution >= 0.6 is 0 Å². The Bertz CT molecular complexity index is 1780. The Balaban J connectivity index is 0.000000371. The Hall–Kier alpha value is -3.67. The molecule has 5 nitrogen and oxygen atoms in total. The van der Waals surface area contributed by atoms with Gasteiger partial charge in [0.1, 0.15) is 10.9 Å². The molecule has 0 spiro atoms. The van der Waals surface area contributed by atoms with Gasteiger partial charge in [0.25, 0.3) is 0 Å². The first-order valence-corrected chi connectivity index (χ1v) is 16.1. The average Bonchev–Trinajstić information content (AvgIpc) is 3.05. The number of rotatable bonds is 12. The minimum absolute atomic E-state index is 0.296. The highest BCUT2D eigenvalue weighted by atomic mass is 32.2. The fraction of sp³-hybridized carbons (Fsp3) is 0.379. The molecular weight excluding hydrogens is 815 g/mol. The molecule has 24 heteroatoms. The first kappa shape index (κ1) is 45.5.